The summed E-state index contributed by atoms with van der Waals surface area (Å²) < 4.78 is 0. The first-order valence-corrected chi connectivity index (χ1v) is 8.83. The van der Waals surface area contributed by atoms with Gasteiger partial charge in [-0.1, -0.05) is 60.5 Å². The fraction of sp³-hybridized carbons (Fsp3) is 0.263. The van der Waals surface area contributed by atoms with Gasteiger partial charge in [-0.05, 0) is 42.0 Å². The number of carbonyl (C=O) groups excluding carboxylic acids is 2. The van der Waals surface area contributed by atoms with Crippen LogP contribution < -0.4 is 10.6 Å². The van der Waals surface area contributed by atoms with Gasteiger partial charge in [0.15, 0.2) is 0 Å². The molecule has 4 nitrogen and oxygen atoms in total. The number of amides is 2. The molecule has 2 aromatic carbocycles. The normalized spacial score (nSPS) is 19.8. The van der Waals surface area contributed by atoms with Crippen molar-refractivity contribution < 1.29 is 9.59 Å². The number of anilines is 1. The average molecular weight is 377 g/mol. The van der Waals surface area contributed by atoms with Crippen LogP contribution in [0, 0.1) is 11.8 Å². The van der Waals surface area contributed by atoms with E-state index >= 15 is 0 Å². The molecule has 0 radical (unpaired) electrons. The number of benzene rings is 2. The lowest BCUT2D eigenvalue weighted by molar-refractivity contribution is -0.136. The third-order valence-corrected chi connectivity index (χ3v) is 4.99. The van der Waals surface area contributed by atoms with Crippen molar-refractivity contribution in [3.05, 3.63) is 64.1 Å². The van der Waals surface area contributed by atoms with Gasteiger partial charge in [0.05, 0.1) is 16.8 Å². The fourth-order valence-corrected chi connectivity index (χ4v) is 3.23. The highest BCUT2D eigenvalue weighted by atomic mass is 35.5. The van der Waals surface area contributed by atoms with E-state index in [9.17, 15) is 9.59 Å². The molecule has 6 heteroatoms. The van der Waals surface area contributed by atoms with E-state index in [1.165, 1.54) is 6.07 Å². The minimum atomic E-state index is -0.765. The van der Waals surface area contributed by atoms with E-state index in [0.29, 0.717) is 27.6 Å². The molecule has 2 N–H and O–H groups in total. The van der Waals surface area contributed by atoms with Crippen LogP contribution in [0.15, 0.2) is 48.5 Å². The van der Waals surface area contributed by atoms with Crippen molar-refractivity contribution in [3.8, 4) is 0 Å². The lowest BCUT2D eigenvalue weighted by atomic mass is 10.0. The molecule has 0 heterocycles. The van der Waals surface area contributed by atoms with Crippen molar-refractivity contribution in [1.29, 1.82) is 0 Å². The number of halogens is 2. The van der Waals surface area contributed by atoms with Gasteiger partial charge in [0.1, 0.15) is 0 Å². The molecule has 25 heavy (non-hydrogen) atoms. The monoisotopic (exact) mass is 376 g/mol. The minimum absolute atomic E-state index is 0.177. The molecule has 0 aliphatic heterocycles. The molecule has 2 aromatic rings. The minimum Gasteiger partial charge on any atom is -0.341 e. The zero-order chi connectivity index (χ0) is 18.0. The molecule has 3 atom stereocenters. The van der Waals surface area contributed by atoms with Gasteiger partial charge in [0.2, 0.25) is 0 Å². The van der Waals surface area contributed by atoms with Gasteiger partial charge in [-0.15, -0.1) is 0 Å². The van der Waals surface area contributed by atoms with Crippen LogP contribution in [0.3, 0.4) is 0 Å². The van der Waals surface area contributed by atoms with Crippen LogP contribution >= 0.6 is 23.2 Å². The second-order valence-electron chi connectivity index (χ2n) is 6.32. The third kappa shape index (κ3) is 4.33. The van der Waals surface area contributed by atoms with Crippen molar-refractivity contribution in [2.75, 3.05) is 5.32 Å². The molecule has 1 saturated carbocycles. The first-order valence-electron chi connectivity index (χ1n) is 8.07. The number of hydrogen-bond acceptors (Lipinski definition) is 2. The maximum absolute atomic E-state index is 12.4. The van der Waals surface area contributed by atoms with E-state index in [2.05, 4.69) is 17.6 Å². The molecule has 3 unspecified atom stereocenters. The van der Waals surface area contributed by atoms with Crippen molar-refractivity contribution in [2.24, 2.45) is 11.8 Å². The Morgan fingerprint density at radius 2 is 1.76 bits per heavy atom. The van der Waals surface area contributed by atoms with Crippen molar-refractivity contribution in [1.82, 2.24) is 5.32 Å². The highest BCUT2D eigenvalue weighted by Crippen LogP contribution is 2.46. The Balaban J connectivity index is 1.71. The molecule has 2 amide bonds. The van der Waals surface area contributed by atoms with Gasteiger partial charge < -0.3 is 10.6 Å². The molecule has 0 bridgehead atoms. The van der Waals surface area contributed by atoms with E-state index in [1.54, 1.807) is 12.1 Å². The van der Waals surface area contributed by atoms with Crippen molar-refractivity contribution in [2.45, 2.75) is 19.4 Å². The van der Waals surface area contributed by atoms with Gasteiger partial charge in [-0.2, -0.15) is 0 Å². The lowest BCUT2D eigenvalue weighted by Crippen LogP contribution is -2.38. The summed E-state index contributed by atoms with van der Waals surface area (Å²) in [4.78, 5) is 24.6. The van der Waals surface area contributed by atoms with Gasteiger partial charge >= 0.3 is 11.8 Å². The first-order chi connectivity index (χ1) is 12.0. The first kappa shape index (κ1) is 17.8. The van der Waals surface area contributed by atoms with Crippen LogP contribution in [0.2, 0.25) is 10.0 Å². The van der Waals surface area contributed by atoms with Crippen LogP contribution in [-0.4, -0.2) is 11.8 Å². The zero-order valence-electron chi connectivity index (χ0n) is 13.6. The Hall–Kier alpha value is -2.04. The molecule has 0 aromatic heterocycles. The summed E-state index contributed by atoms with van der Waals surface area (Å²) in [5, 5.41) is 6.11. The molecule has 130 valence electrons. The van der Waals surface area contributed by atoms with Gasteiger partial charge in [-0.25, -0.2) is 0 Å². The largest absolute Gasteiger partial charge is 0.341 e. The zero-order valence-corrected chi connectivity index (χ0v) is 15.1. The van der Waals surface area contributed by atoms with Crippen LogP contribution in [0.25, 0.3) is 0 Å². The average Bonchev–Trinajstić information content (AvgIpc) is 3.32. The summed E-state index contributed by atoms with van der Waals surface area (Å²) in [6, 6.07) is 14.2. The standard InChI is InChI=1S/C19H18Cl2N2O2/c1-11-9-14(11)17(12-5-3-2-4-6-12)23-19(25)18(24)22-16-10-13(20)7-8-15(16)21/h2-8,10-11,14,17H,9H2,1H3,(H,22,24)(H,23,25). The Morgan fingerprint density at radius 1 is 1.08 bits per heavy atom. The van der Waals surface area contributed by atoms with E-state index < -0.39 is 11.8 Å². The molecule has 1 fully saturated rings. The summed E-state index contributed by atoms with van der Waals surface area (Å²) in [6.07, 6.45) is 1.03. The smallest absolute Gasteiger partial charge is 0.313 e. The number of hydrogen-bond donors (Lipinski definition) is 2. The maximum atomic E-state index is 12.4. The fourth-order valence-electron chi connectivity index (χ4n) is 2.89. The lowest BCUT2D eigenvalue weighted by Gasteiger charge is -2.19. The Morgan fingerprint density at radius 3 is 2.40 bits per heavy atom. The maximum Gasteiger partial charge on any atom is 0.313 e. The number of rotatable bonds is 4. The van der Waals surface area contributed by atoms with E-state index in [4.69, 9.17) is 23.2 Å². The predicted octanol–water partition coefficient (Wildman–Crippen LogP) is 4.45. The van der Waals surface area contributed by atoms with Crippen LogP contribution in [0.5, 0.6) is 0 Å². The van der Waals surface area contributed by atoms with Gasteiger partial charge in [0.25, 0.3) is 0 Å². The molecule has 0 saturated heterocycles. The van der Waals surface area contributed by atoms with Crippen LogP contribution in [0.1, 0.15) is 24.9 Å². The molecule has 1 aliphatic carbocycles. The van der Waals surface area contributed by atoms with Crippen molar-refractivity contribution >= 4 is 40.7 Å². The molecular formula is C19H18Cl2N2O2. The highest BCUT2D eigenvalue weighted by molar-refractivity contribution is 6.42. The molecular weight excluding hydrogens is 359 g/mol. The summed E-state index contributed by atoms with van der Waals surface area (Å²) in [7, 11) is 0. The number of carbonyl (C=O) groups is 2. The Bertz CT molecular complexity index is 795. The summed E-state index contributed by atoms with van der Waals surface area (Å²) >= 11 is 11.9. The molecule has 1 aliphatic rings. The summed E-state index contributed by atoms with van der Waals surface area (Å²) in [5.41, 5.74) is 1.31. The quantitative estimate of drug-likeness (QED) is 0.774. The van der Waals surface area contributed by atoms with Crippen LogP contribution in [0.4, 0.5) is 5.69 Å². The van der Waals surface area contributed by atoms with Crippen molar-refractivity contribution in [3.63, 3.8) is 0 Å². The SMILES string of the molecule is CC1CC1C(NC(=O)C(=O)Nc1cc(Cl)ccc1Cl)c1ccccc1. The Kier molecular flexibility index (Phi) is 5.30. The van der Waals surface area contributed by atoms with Crippen LogP contribution in [-0.2, 0) is 9.59 Å². The van der Waals surface area contributed by atoms with E-state index in [-0.39, 0.29) is 6.04 Å². The third-order valence-electron chi connectivity index (χ3n) is 4.43. The van der Waals surface area contributed by atoms with E-state index in [1.807, 2.05) is 30.3 Å². The summed E-state index contributed by atoms with van der Waals surface area (Å²) in [6.45, 7) is 2.14. The second kappa shape index (κ2) is 7.46. The summed E-state index contributed by atoms with van der Waals surface area (Å²) in [5.74, 6) is -0.591. The topological polar surface area (TPSA) is 58.2 Å². The number of nitrogens with one attached hydrogen (secondary N) is 2. The van der Waals surface area contributed by atoms with Gasteiger partial charge in [-0.3, -0.25) is 9.59 Å². The van der Waals surface area contributed by atoms with E-state index in [0.717, 1.165) is 12.0 Å². The molecule has 3 rings (SSSR count). The van der Waals surface area contributed by atoms with Gasteiger partial charge in [0, 0.05) is 5.02 Å². The predicted molar refractivity (Wildman–Crippen MR) is 99.7 cm³/mol. The second-order valence-corrected chi connectivity index (χ2v) is 7.16. The molecule has 0 spiro atoms. The highest BCUT2D eigenvalue weighted by Gasteiger charge is 2.41. The Labute approximate surface area is 156 Å².